The second-order valence-corrected chi connectivity index (χ2v) is 6.64. The summed E-state index contributed by atoms with van der Waals surface area (Å²) in [5, 5.41) is 7.14. The number of aromatic nitrogens is 1. The van der Waals surface area contributed by atoms with Gasteiger partial charge in [-0.25, -0.2) is 0 Å². The van der Waals surface area contributed by atoms with Crippen molar-refractivity contribution in [2.45, 2.75) is 24.8 Å². The Hall–Kier alpha value is -1.74. The van der Waals surface area contributed by atoms with Crippen LogP contribution in [0.4, 0.5) is 0 Å². The molecule has 1 fully saturated rings. The SMILES string of the molecule is Cc1cc([C@H]2CNCCO2)no1.Cc1ccc(S(=O)(=O)O)cc1. The Bertz CT molecular complexity index is 719. The average molecular weight is 340 g/mol. The Morgan fingerprint density at radius 1 is 1.26 bits per heavy atom. The topological polar surface area (TPSA) is 102 Å². The molecule has 1 aliphatic heterocycles. The Morgan fingerprint density at radius 3 is 2.43 bits per heavy atom. The fraction of sp³-hybridized carbons (Fsp3) is 0.400. The Kier molecular flexibility index (Phi) is 5.89. The van der Waals surface area contributed by atoms with Crippen LogP contribution in [0, 0.1) is 13.8 Å². The number of benzene rings is 1. The number of aryl methyl sites for hydroxylation is 2. The minimum Gasteiger partial charge on any atom is -0.369 e. The van der Waals surface area contributed by atoms with Crippen LogP contribution in [-0.4, -0.2) is 37.8 Å². The van der Waals surface area contributed by atoms with E-state index in [1.54, 1.807) is 12.1 Å². The molecule has 0 bridgehead atoms. The molecule has 0 aliphatic carbocycles. The van der Waals surface area contributed by atoms with E-state index in [0.717, 1.165) is 36.7 Å². The highest BCUT2D eigenvalue weighted by Crippen LogP contribution is 2.17. The molecule has 2 aromatic rings. The maximum atomic E-state index is 10.5. The monoisotopic (exact) mass is 340 g/mol. The lowest BCUT2D eigenvalue weighted by molar-refractivity contribution is 0.0232. The van der Waals surface area contributed by atoms with Gasteiger partial charge in [-0.2, -0.15) is 8.42 Å². The van der Waals surface area contributed by atoms with Gasteiger partial charge in [0.2, 0.25) is 0 Å². The third-order valence-corrected chi connectivity index (χ3v) is 4.09. The van der Waals surface area contributed by atoms with Crippen LogP contribution in [0.3, 0.4) is 0 Å². The summed E-state index contributed by atoms with van der Waals surface area (Å²) in [6, 6.07) is 7.90. The average Bonchev–Trinajstić information content (AvgIpc) is 2.95. The minimum atomic E-state index is -4.02. The fourth-order valence-corrected chi connectivity index (χ4v) is 2.48. The van der Waals surface area contributed by atoms with Crippen LogP contribution < -0.4 is 5.32 Å². The van der Waals surface area contributed by atoms with Gasteiger partial charge in [-0.1, -0.05) is 22.9 Å². The van der Waals surface area contributed by atoms with E-state index in [9.17, 15) is 8.42 Å². The van der Waals surface area contributed by atoms with Crippen LogP contribution in [0.5, 0.6) is 0 Å². The van der Waals surface area contributed by atoms with E-state index in [1.807, 2.05) is 19.9 Å². The first-order valence-corrected chi connectivity index (χ1v) is 8.60. The van der Waals surface area contributed by atoms with E-state index in [-0.39, 0.29) is 11.0 Å². The van der Waals surface area contributed by atoms with Crippen molar-refractivity contribution in [3.8, 4) is 0 Å². The smallest absolute Gasteiger partial charge is 0.294 e. The van der Waals surface area contributed by atoms with Crippen molar-refractivity contribution in [1.29, 1.82) is 0 Å². The number of rotatable bonds is 2. The number of ether oxygens (including phenoxy) is 1. The lowest BCUT2D eigenvalue weighted by Crippen LogP contribution is -2.33. The molecule has 2 heterocycles. The number of hydrogen-bond donors (Lipinski definition) is 2. The summed E-state index contributed by atoms with van der Waals surface area (Å²) in [5.74, 6) is 0.833. The third kappa shape index (κ3) is 5.43. The van der Waals surface area contributed by atoms with Crippen LogP contribution in [0.15, 0.2) is 39.8 Å². The minimum absolute atomic E-state index is 0.0659. The zero-order valence-electron chi connectivity index (χ0n) is 13.0. The van der Waals surface area contributed by atoms with Gasteiger partial charge in [-0.3, -0.25) is 4.55 Å². The van der Waals surface area contributed by atoms with Crippen molar-refractivity contribution in [2.75, 3.05) is 19.7 Å². The highest BCUT2D eigenvalue weighted by molar-refractivity contribution is 7.85. The lowest BCUT2D eigenvalue weighted by atomic mass is 10.2. The van der Waals surface area contributed by atoms with Crippen LogP contribution in [0.2, 0.25) is 0 Å². The molecule has 3 rings (SSSR count). The first-order chi connectivity index (χ1) is 10.9. The standard InChI is InChI=1S/C8H12N2O2.C7H8O3S/c1-6-4-7(10-12-6)8-5-9-2-3-11-8;1-6-2-4-7(5-3-6)11(8,9)10/h4,8-9H,2-3,5H2,1H3;2-5H,1H3,(H,8,9,10)/t8-;/m1./s1. The molecule has 1 saturated heterocycles. The number of nitrogens with zero attached hydrogens (tertiary/aromatic N) is 1. The summed E-state index contributed by atoms with van der Waals surface area (Å²) < 4.78 is 40.0. The summed E-state index contributed by atoms with van der Waals surface area (Å²) in [6.07, 6.45) is 0.0659. The zero-order valence-corrected chi connectivity index (χ0v) is 13.8. The van der Waals surface area contributed by atoms with Gasteiger partial charge in [0.05, 0.1) is 11.5 Å². The van der Waals surface area contributed by atoms with E-state index in [4.69, 9.17) is 13.8 Å². The van der Waals surface area contributed by atoms with E-state index < -0.39 is 10.1 Å². The molecule has 7 nitrogen and oxygen atoms in total. The molecule has 0 saturated carbocycles. The maximum Gasteiger partial charge on any atom is 0.294 e. The Morgan fingerprint density at radius 2 is 1.96 bits per heavy atom. The number of morpholine rings is 1. The summed E-state index contributed by atoms with van der Waals surface area (Å²) in [6.45, 7) is 6.22. The van der Waals surface area contributed by atoms with Crippen molar-refractivity contribution in [3.63, 3.8) is 0 Å². The highest BCUT2D eigenvalue weighted by atomic mass is 32.2. The van der Waals surface area contributed by atoms with Crippen LogP contribution in [0.25, 0.3) is 0 Å². The quantitative estimate of drug-likeness (QED) is 0.805. The van der Waals surface area contributed by atoms with Crippen molar-refractivity contribution in [1.82, 2.24) is 10.5 Å². The molecule has 126 valence electrons. The molecule has 1 aliphatic rings. The summed E-state index contributed by atoms with van der Waals surface area (Å²) >= 11 is 0. The molecule has 0 unspecified atom stereocenters. The second-order valence-electron chi connectivity index (χ2n) is 5.21. The molecule has 0 radical (unpaired) electrons. The van der Waals surface area contributed by atoms with Gasteiger partial charge < -0.3 is 14.6 Å². The molecule has 0 spiro atoms. The largest absolute Gasteiger partial charge is 0.369 e. The fourth-order valence-electron chi connectivity index (χ4n) is 2.00. The zero-order chi connectivity index (χ0) is 16.9. The molecular formula is C15H20N2O5S. The molecule has 1 aromatic heterocycles. The van der Waals surface area contributed by atoms with Crippen molar-refractivity contribution < 1.29 is 22.2 Å². The van der Waals surface area contributed by atoms with Crippen LogP contribution in [0.1, 0.15) is 23.1 Å². The van der Waals surface area contributed by atoms with E-state index in [0.29, 0.717) is 0 Å². The summed E-state index contributed by atoms with van der Waals surface area (Å²) in [5.41, 5.74) is 1.84. The van der Waals surface area contributed by atoms with Gasteiger partial charge >= 0.3 is 0 Å². The summed E-state index contributed by atoms with van der Waals surface area (Å²) in [4.78, 5) is -0.0666. The first kappa shape index (κ1) is 17.6. The van der Waals surface area contributed by atoms with E-state index >= 15 is 0 Å². The highest BCUT2D eigenvalue weighted by Gasteiger charge is 2.18. The van der Waals surface area contributed by atoms with Gasteiger partial charge in [-0.15, -0.1) is 0 Å². The third-order valence-electron chi connectivity index (χ3n) is 3.22. The Balaban J connectivity index is 0.000000168. The van der Waals surface area contributed by atoms with Gasteiger partial charge in [0, 0.05) is 19.2 Å². The summed E-state index contributed by atoms with van der Waals surface area (Å²) in [7, 11) is -4.02. The lowest BCUT2D eigenvalue weighted by Gasteiger charge is -2.21. The molecule has 8 heteroatoms. The maximum absolute atomic E-state index is 10.5. The number of nitrogens with one attached hydrogen (secondary N) is 1. The molecule has 2 N–H and O–H groups in total. The predicted octanol–water partition coefficient (Wildman–Crippen LogP) is 1.89. The molecular weight excluding hydrogens is 320 g/mol. The van der Waals surface area contributed by atoms with E-state index in [1.165, 1.54) is 12.1 Å². The molecule has 1 atom stereocenters. The van der Waals surface area contributed by atoms with Gasteiger partial charge in [0.25, 0.3) is 10.1 Å². The normalized spacial score (nSPS) is 18.1. The molecule has 1 aromatic carbocycles. The van der Waals surface area contributed by atoms with Gasteiger partial charge in [0.15, 0.2) is 0 Å². The van der Waals surface area contributed by atoms with Gasteiger partial charge in [0.1, 0.15) is 17.6 Å². The molecule has 23 heavy (non-hydrogen) atoms. The van der Waals surface area contributed by atoms with Crippen molar-refractivity contribution >= 4 is 10.1 Å². The van der Waals surface area contributed by atoms with Crippen molar-refractivity contribution in [2.24, 2.45) is 0 Å². The van der Waals surface area contributed by atoms with Crippen molar-refractivity contribution in [3.05, 3.63) is 47.3 Å². The Labute approximate surface area is 135 Å². The van der Waals surface area contributed by atoms with Crippen LogP contribution in [-0.2, 0) is 14.9 Å². The first-order valence-electron chi connectivity index (χ1n) is 7.16. The van der Waals surface area contributed by atoms with Gasteiger partial charge in [-0.05, 0) is 26.0 Å². The van der Waals surface area contributed by atoms with Crippen LogP contribution >= 0.6 is 0 Å². The number of hydrogen-bond acceptors (Lipinski definition) is 6. The predicted molar refractivity (Wildman–Crippen MR) is 83.8 cm³/mol. The molecule has 0 amide bonds. The van der Waals surface area contributed by atoms with E-state index in [2.05, 4.69) is 10.5 Å². The second kappa shape index (κ2) is 7.69.